The van der Waals surface area contributed by atoms with Crippen LogP contribution < -0.4 is 0 Å². The lowest BCUT2D eigenvalue weighted by atomic mass is 9.87. The molecular formula is C84H66I6. The highest BCUT2D eigenvalue weighted by molar-refractivity contribution is 14.1. The molecule has 0 aliphatic carbocycles. The van der Waals surface area contributed by atoms with Crippen LogP contribution >= 0.6 is 136 Å². The summed E-state index contributed by atoms with van der Waals surface area (Å²) in [7, 11) is 0. The summed E-state index contributed by atoms with van der Waals surface area (Å²) in [6.45, 7) is 0. The quantitative estimate of drug-likeness (QED) is 0.0806. The number of fused-ring (bicyclic) bond motifs is 33. The average Bonchev–Trinajstić information content (AvgIpc) is 0.831. The smallest absolute Gasteiger partial charge is 0.00139 e. The third-order valence-corrected chi connectivity index (χ3v) is 16.8. The van der Waals surface area contributed by atoms with Crippen LogP contribution in [0.2, 0.25) is 0 Å². The van der Waals surface area contributed by atoms with Gasteiger partial charge in [-0.3, -0.25) is 0 Å². The standard InChI is InChI=1S/3C26H16.6CH3I/c3*1-5-13-21-17(9-1)18-10-2-6-14-22(18)26-24-16-8-4-12-20(24)19-11-3-7-15-23(19)25(21)26;6*1-2/h3*1-16H;6*1H3. The van der Waals surface area contributed by atoms with E-state index < -0.39 is 0 Å². The summed E-state index contributed by atoms with van der Waals surface area (Å²) in [5.74, 6) is 0. The summed E-state index contributed by atoms with van der Waals surface area (Å²) in [4.78, 5) is 11.8. The molecule has 0 heterocycles. The first-order chi connectivity index (χ1) is 44.8. The van der Waals surface area contributed by atoms with Crippen molar-refractivity contribution in [1.82, 2.24) is 0 Å². The van der Waals surface area contributed by atoms with Crippen molar-refractivity contribution in [2.45, 2.75) is 0 Å². The summed E-state index contributed by atoms with van der Waals surface area (Å²) in [5.41, 5.74) is 0. The van der Waals surface area contributed by atoms with Crippen LogP contribution in [0.3, 0.4) is 0 Å². The molecule has 0 unspecified atom stereocenters. The van der Waals surface area contributed by atoms with Gasteiger partial charge in [0.05, 0.1) is 0 Å². The molecule has 0 aliphatic heterocycles. The topological polar surface area (TPSA) is 0 Å². The van der Waals surface area contributed by atoms with Gasteiger partial charge in [0.25, 0.3) is 0 Å². The highest BCUT2D eigenvalue weighted by Gasteiger charge is 2.18. The molecule has 18 aromatic rings. The molecule has 0 amide bonds. The van der Waals surface area contributed by atoms with Crippen LogP contribution in [0, 0.1) is 0 Å². The molecule has 90 heavy (non-hydrogen) atoms. The van der Waals surface area contributed by atoms with Gasteiger partial charge >= 0.3 is 0 Å². The van der Waals surface area contributed by atoms with E-state index in [0.29, 0.717) is 0 Å². The van der Waals surface area contributed by atoms with Crippen LogP contribution in [-0.2, 0) is 0 Å². The predicted molar refractivity (Wildman–Crippen MR) is 462 cm³/mol. The first kappa shape index (κ1) is 67.1. The minimum absolute atomic E-state index is 1.33. The Morgan fingerprint density at radius 1 is 0.100 bits per heavy atom. The lowest BCUT2D eigenvalue weighted by Gasteiger charge is -2.16. The second kappa shape index (κ2) is 32.2. The number of alkyl halides is 6. The van der Waals surface area contributed by atoms with Crippen molar-refractivity contribution in [3.63, 3.8) is 0 Å². The summed E-state index contributed by atoms with van der Waals surface area (Å²) in [6.07, 6.45) is 0. The lowest BCUT2D eigenvalue weighted by Crippen LogP contribution is -1.87. The van der Waals surface area contributed by atoms with Crippen molar-refractivity contribution in [1.29, 1.82) is 0 Å². The third kappa shape index (κ3) is 12.3. The summed E-state index contributed by atoms with van der Waals surface area (Å²) >= 11 is 12.9. The first-order valence-corrected chi connectivity index (χ1v) is 42.4. The molecule has 444 valence electrons. The van der Waals surface area contributed by atoms with E-state index in [2.05, 4.69) is 427 Å². The Morgan fingerprint density at radius 3 is 0.222 bits per heavy atom. The normalized spacial score (nSPS) is 10.7. The second-order valence-electron chi connectivity index (χ2n) is 20.8. The Kier molecular flexibility index (Phi) is 24.0. The molecule has 0 atom stereocenters. The molecule has 18 rings (SSSR count). The molecular weight excluding hydrogens is 1770 g/mol. The summed E-state index contributed by atoms with van der Waals surface area (Å²) in [6, 6.07) is 106. The SMILES string of the molecule is CI.CI.CI.CI.CI.CI.c1ccc2c(c1)c1ccccc1c1c3ccccc3c3ccccc3c21.c1ccc2c(c1)c1ccccc1c1c3ccccc3c3ccccc3c21.c1ccc2c(c1)c1ccccc1c1c3ccccc3c3ccccc3c21. The fraction of sp³-hybridized carbons (Fsp3) is 0.0714. The second-order valence-corrected chi connectivity index (χ2v) is 20.8. The number of hydrogen-bond donors (Lipinski definition) is 0. The largest absolute Gasteiger partial charge is 0.0901 e. The highest BCUT2D eigenvalue weighted by atomic mass is 127. The van der Waals surface area contributed by atoms with Gasteiger partial charge in [-0.1, -0.05) is 427 Å². The monoisotopic (exact) mass is 1840 g/mol. The Labute approximate surface area is 610 Å². The van der Waals surface area contributed by atoms with E-state index in [1.165, 1.54) is 162 Å². The Morgan fingerprint density at radius 2 is 0.156 bits per heavy atom. The number of hydrogen-bond acceptors (Lipinski definition) is 0. The molecule has 0 aromatic heterocycles. The van der Waals surface area contributed by atoms with Crippen LogP contribution in [0.4, 0.5) is 0 Å². The minimum atomic E-state index is 1.33. The Hall–Kier alpha value is -5.76. The van der Waals surface area contributed by atoms with E-state index in [1.54, 1.807) is 0 Å². The lowest BCUT2D eigenvalue weighted by molar-refractivity contribution is 1.78. The molecule has 0 fully saturated rings. The van der Waals surface area contributed by atoms with Gasteiger partial charge in [0.15, 0.2) is 0 Å². The first-order valence-electron chi connectivity index (χ1n) is 29.4. The molecule has 18 aromatic carbocycles. The average molecular weight is 1840 g/mol. The summed E-state index contributed by atoms with van der Waals surface area (Å²) in [5, 5.41) is 40.2. The van der Waals surface area contributed by atoms with Crippen LogP contribution in [0.1, 0.15) is 0 Å². The van der Waals surface area contributed by atoms with Crippen LogP contribution in [0.15, 0.2) is 291 Å². The zero-order chi connectivity index (χ0) is 63.3. The van der Waals surface area contributed by atoms with Crippen molar-refractivity contribution >= 4 is 297 Å². The van der Waals surface area contributed by atoms with E-state index in [1.807, 2.05) is 29.6 Å². The fourth-order valence-corrected chi connectivity index (χ4v) is 13.7. The van der Waals surface area contributed by atoms with E-state index >= 15 is 0 Å². The van der Waals surface area contributed by atoms with E-state index in [0.717, 1.165) is 0 Å². The van der Waals surface area contributed by atoms with E-state index in [-0.39, 0.29) is 0 Å². The van der Waals surface area contributed by atoms with Crippen molar-refractivity contribution in [3.8, 4) is 0 Å². The molecule has 0 saturated heterocycles. The fourth-order valence-electron chi connectivity index (χ4n) is 13.7. The molecule has 0 aliphatic rings. The van der Waals surface area contributed by atoms with Crippen molar-refractivity contribution < 1.29 is 0 Å². The molecule has 0 bridgehead atoms. The zero-order valence-electron chi connectivity index (χ0n) is 51.0. The zero-order valence-corrected chi connectivity index (χ0v) is 63.9. The van der Waals surface area contributed by atoms with E-state index in [4.69, 9.17) is 0 Å². The Balaban J connectivity index is 0.000000137. The molecule has 0 saturated carbocycles. The third-order valence-electron chi connectivity index (χ3n) is 16.8. The van der Waals surface area contributed by atoms with Gasteiger partial charge in [0, 0.05) is 0 Å². The molecule has 0 radical (unpaired) electrons. The maximum absolute atomic E-state index is 2.27. The van der Waals surface area contributed by atoms with E-state index in [9.17, 15) is 0 Å². The van der Waals surface area contributed by atoms with Gasteiger partial charge < -0.3 is 0 Å². The maximum atomic E-state index is 2.27. The van der Waals surface area contributed by atoms with Gasteiger partial charge in [-0.15, -0.1) is 0 Å². The van der Waals surface area contributed by atoms with Crippen LogP contribution in [-0.4, -0.2) is 29.6 Å². The highest BCUT2D eigenvalue weighted by Crippen LogP contribution is 2.47. The van der Waals surface area contributed by atoms with Crippen molar-refractivity contribution in [2.75, 3.05) is 29.6 Å². The molecule has 6 heteroatoms. The molecule has 0 nitrogen and oxygen atoms in total. The number of rotatable bonds is 0. The van der Waals surface area contributed by atoms with Gasteiger partial charge in [-0.05, 0) is 191 Å². The Bertz CT molecular complexity index is 4320. The summed E-state index contributed by atoms with van der Waals surface area (Å²) < 4.78 is 0. The van der Waals surface area contributed by atoms with Gasteiger partial charge in [-0.25, -0.2) is 0 Å². The molecule has 0 N–H and O–H groups in total. The van der Waals surface area contributed by atoms with Crippen molar-refractivity contribution in [2.24, 2.45) is 0 Å². The maximum Gasteiger partial charge on any atom is -0.00139 e. The van der Waals surface area contributed by atoms with Gasteiger partial charge in [0.1, 0.15) is 0 Å². The van der Waals surface area contributed by atoms with Gasteiger partial charge in [-0.2, -0.15) is 0 Å². The predicted octanol–water partition coefficient (Wildman–Crippen LogP) is 28.7. The van der Waals surface area contributed by atoms with Crippen molar-refractivity contribution in [3.05, 3.63) is 291 Å². The molecule has 0 spiro atoms. The van der Waals surface area contributed by atoms with Crippen LogP contribution in [0.5, 0.6) is 0 Å². The minimum Gasteiger partial charge on any atom is -0.0901 e. The van der Waals surface area contributed by atoms with Crippen LogP contribution in [0.25, 0.3) is 162 Å². The number of halogens is 6. The van der Waals surface area contributed by atoms with Gasteiger partial charge in [0.2, 0.25) is 0 Å². The number of benzene rings is 18.